The summed E-state index contributed by atoms with van der Waals surface area (Å²) in [4.78, 5) is 24.2. The second kappa shape index (κ2) is 6.44. The van der Waals surface area contributed by atoms with Crippen LogP contribution < -0.4 is 0 Å². The Labute approximate surface area is 143 Å². The molecule has 2 aromatic rings. The monoisotopic (exact) mass is 348 g/mol. The lowest BCUT2D eigenvalue weighted by Crippen LogP contribution is -2.14. The lowest BCUT2D eigenvalue weighted by molar-refractivity contribution is -0.123. The number of benzene rings is 2. The Bertz CT molecular complexity index is 830. The molecule has 0 saturated heterocycles. The van der Waals surface area contributed by atoms with Crippen molar-refractivity contribution in [3.8, 4) is 11.1 Å². The molecule has 24 heavy (non-hydrogen) atoms. The number of aryl methyl sites for hydroxylation is 1. The fraction of sp³-hybridized carbons (Fsp3) is 0.263. The van der Waals surface area contributed by atoms with Gasteiger partial charge in [-0.2, -0.15) is 0 Å². The Kier molecular flexibility index (Phi) is 4.50. The van der Waals surface area contributed by atoms with Crippen molar-refractivity contribution in [1.29, 1.82) is 0 Å². The summed E-state index contributed by atoms with van der Waals surface area (Å²) in [5.41, 5.74) is 2.10. The Morgan fingerprint density at radius 3 is 2.33 bits per heavy atom. The van der Waals surface area contributed by atoms with E-state index in [1.165, 1.54) is 6.07 Å². The standard InChI is InChI=1S/C19H15ClF2O2/c1-2-10-3-4-11(12-8-14(20)16(22)9-15(12)21)7-13(10)19-17(23)5-6-18(19)24/h3-4,7-9,19H,2,5-6H2,1H3. The first-order chi connectivity index (χ1) is 11.4. The minimum absolute atomic E-state index is 0.107. The lowest BCUT2D eigenvalue weighted by Gasteiger charge is -2.15. The van der Waals surface area contributed by atoms with E-state index in [0.29, 0.717) is 17.5 Å². The van der Waals surface area contributed by atoms with Crippen LogP contribution in [0.1, 0.15) is 36.8 Å². The van der Waals surface area contributed by atoms with Crippen molar-refractivity contribution < 1.29 is 18.4 Å². The van der Waals surface area contributed by atoms with Gasteiger partial charge in [-0.1, -0.05) is 30.7 Å². The topological polar surface area (TPSA) is 34.1 Å². The molecular weight excluding hydrogens is 334 g/mol. The van der Waals surface area contributed by atoms with Gasteiger partial charge in [-0.3, -0.25) is 9.59 Å². The highest BCUT2D eigenvalue weighted by atomic mass is 35.5. The quantitative estimate of drug-likeness (QED) is 0.586. The normalized spacial score (nSPS) is 15.3. The van der Waals surface area contributed by atoms with Crippen LogP contribution in [-0.2, 0) is 16.0 Å². The summed E-state index contributed by atoms with van der Waals surface area (Å²) < 4.78 is 27.5. The molecule has 1 saturated carbocycles. The molecule has 1 fully saturated rings. The second-order valence-electron chi connectivity index (χ2n) is 5.88. The van der Waals surface area contributed by atoms with E-state index in [0.717, 1.165) is 11.6 Å². The summed E-state index contributed by atoms with van der Waals surface area (Å²) >= 11 is 5.76. The molecule has 0 atom stereocenters. The molecule has 2 nitrogen and oxygen atoms in total. The average Bonchev–Trinajstić information content (AvgIpc) is 2.89. The van der Waals surface area contributed by atoms with Gasteiger partial charge in [0.15, 0.2) is 0 Å². The molecule has 124 valence electrons. The number of Topliss-reactive ketones (excluding diaryl/α,β-unsaturated/α-hetero) is 2. The van der Waals surface area contributed by atoms with Crippen LogP contribution in [0.5, 0.6) is 0 Å². The van der Waals surface area contributed by atoms with E-state index in [9.17, 15) is 18.4 Å². The van der Waals surface area contributed by atoms with Crippen molar-refractivity contribution in [1.82, 2.24) is 0 Å². The third-order valence-corrected chi connectivity index (χ3v) is 4.71. The van der Waals surface area contributed by atoms with Crippen LogP contribution in [0.25, 0.3) is 11.1 Å². The molecular formula is C19H15ClF2O2. The molecule has 5 heteroatoms. The highest BCUT2D eigenvalue weighted by Crippen LogP contribution is 2.35. The maximum Gasteiger partial charge on any atom is 0.148 e. The van der Waals surface area contributed by atoms with Crippen LogP contribution >= 0.6 is 11.6 Å². The zero-order valence-electron chi connectivity index (χ0n) is 13.0. The molecule has 0 unspecified atom stereocenters. The molecule has 1 aliphatic rings. The minimum Gasteiger partial charge on any atom is -0.299 e. The van der Waals surface area contributed by atoms with Crippen molar-refractivity contribution in [3.63, 3.8) is 0 Å². The summed E-state index contributed by atoms with van der Waals surface area (Å²) in [7, 11) is 0. The fourth-order valence-electron chi connectivity index (χ4n) is 3.16. The summed E-state index contributed by atoms with van der Waals surface area (Å²) in [5.74, 6) is -2.56. The average molecular weight is 349 g/mol. The summed E-state index contributed by atoms with van der Waals surface area (Å²) in [5, 5.41) is -0.180. The van der Waals surface area contributed by atoms with E-state index in [2.05, 4.69) is 0 Å². The van der Waals surface area contributed by atoms with E-state index in [1.807, 2.05) is 6.92 Å². The van der Waals surface area contributed by atoms with Crippen molar-refractivity contribution in [2.24, 2.45) is 0 Å². The van der Waals surface area contributed by atoms with E-state index in [4.69, 9.17) is 11.6 Å². The smallest absolute Gasteiger partial charge is 0.148 e. The van der Waals surface area contributed by atoms with Gasteiger partial charge in [0.2, 0.25) is 0 Å². The first-order valence-corrected chi connectivity index (χ1v) is 8.13. The molecule has 0 N–H and O–H groups in total. The molecule has 0 radical (unpaired) electrons. The largest absolute Gasteiger partial charge is 0.299 e. The first-order valence-electron chi connectivity index (χ1n) is 7.75. The molecule has 0 heterocycles. The molecule has 0 amide bonds. The van der Waals surface area contributed by atoms with E-state index >= 15 is 0 Å². The Hall–Kier alpha value is -2.07. The zero-order valence-corrected chi connectivity index (χ0v) is 13.8. The van der Waals surface area contributed by atoms with E-state index < -0.39 is 17.6 Å². The molecule has 1 aliphatic carbocycles. The maximum atomic E-state index is 14.1. The van der Waals surface area contributed by atoms with Gasteiger partial charge in [0.05, 0.1) is 5.02 Å². The number of carbonyl (C=O) groups excluding carboxylic acids is 2. The number of halogens is 3. The summed E-state index contributed by atoms with van der Waals surface area (Å²) in [6.45, 7) is 1.93. The van der Waals surface area contributed by atoms with Crippen molar-refractivity contribution >= 4 is 23.2 Å². The summed E-state index contributed by atoms with van der Waals surface area (Å²) in [6.07, 6.45) is 1.14. The second-order valence-corrected chi connectivity index (χ2v) is 6.29. The van der Waals surface area contributed by atoms with Crippen LogP contribution in [-0.4, -0.2) is 11.6 Å². The Morgan fingerprint density at radius 2 is 1.71 bits per heavy atom. The van der Waals surface area contributed by atoms with Crippen molar-refractivity contribution in [2.75, 3.05) is 0 Å². The Balaban J connectivity index is 2.15. The van der Waals surface area contributed by atoms with E-state index in [-0.39, 0.29) is 35.0 Å². The van der Waals surface area contributed by atoms with Gasteiger partial charge < -0.3 is 0 Å². The first kappa shape index (κ1) is 16.8. The van der Waals surface area contributed by atoms with Crippen LogP contribution in [0, 0.1) is 11.6 Å². The predicted molar refractivity (Wildman–Crippen MR) is 88.2 cm³/mol. The van der Waals surface area contributed by atoms with Crippen LogP contribution in [0.3, 0.4) is 0 Å². The number of ketones is 2. The number of hydrogen-bond donors (Lipinski definition) is 0. The van der Waals surface area contributed by atoms with Crippen LogP contribution in [0.15, 0.2) is 30.3 Å². The van der Waals surface area contributed by atoms with Gasteiger partial charge in [-0.25, -0.2) is 8.78 Å². The van der Waals surface area contributed by atoms with Gasteiger partial charge in [0, 0.05) is 24.5 Å². The Morgan fingerprint density at radius 1 is 1.04 bits per heavy atom. The predicted octanol–water partition coefficient (Wildman–Crippen LogP) is 4.86. The number of hydrogen-bond acceptors (Lipinski definition) is 2. The van der Waals surface area contributed by atoms with E-state index in [1.54, 1.807) is 18.2 Å². The zero-order chi connectivity index (χ0) is 17.4. The lowest BCUT2D eigenvalue weighted by atomic mass is 9.87. The van der Waals surface area contributed by atoms with Crippen LogP contribution in [0.2, 0.25) is 5.02 Å². The van der Waals surface area contributed by atoms with Crippen molar-refractivity contribution in [2.45, 2.75) is 32.1 Å². The van der Waals surface area contributed by atoms with Crippen LogP contribution in [0.4, 0.5) is 8.78 Å². The summed E-state index contributed by atoms with van der Waals surface area (Å²) in [6, 6.07) is 7.07. The van der Waals surface area contributed by atoms with Gasteiger partial charge in [0.1, 0.15) is 29.1 Å². The third-order valence-electron chi connectivity index (χ3n) is 4.42. The highest BCUT2D eigenvalue weighted by Gasteiger charge is 2.35. The van der Waals surface area contributed by atoms with Gasteiger partial charge in [-0.05, 0) is 35.2 Å². The molecule has 0 aliphatic heterocycles. The maximum absolute atomic E-state index is 14.1. The molecule has 0 aromatic heterocycles. The van der Waals surface area contributed by atoms with Gasteiger partial charge in [-0.15, -0.1) is 0 Å². The molecule has 0 bridgehead atoms. The fourth-order valence-corrected chi connectivity index (χ4v) is 3.32. The highest BCUT2D eigenvalue weighted by molar-refractivity contribution is 6.31. The third kappa shape index (κ3) is 2.86. The van der Waals surface area contributed by atoms with Gasteiger partial charge in [0.25, 0.3) is 0 Å². The number of carbonyl (C=O) groups is 2. The minimum atomic E-state index is -0.829. The molecule has 3 rings (SSSR count). The number of rotatable bonds is 3. The molecule has 0 spiro atoms. The SMILES string of the molecule is CCc1ccc(-c2cc(Cl)c(F)cc2F)cc1C1C(=O)CCC1=O. The molecule has 2 aromatic carbocycles. The van der Waals surface area contributed by atoms with Crippen molar-refractivity contribution in [3.05, 3.63) is 58.1 Å². The van der Waals surface area contributed by atoms with Gasteiger partial charge >= 0.3 is 0 Å².